The summed E-state index contributed by atoms with van der Waals surface area (Å²) in [5.74, 6) is 0.206. The molecule has 0 spiro atoms. The van der Waals surface area contributed by atoms with Crippen LogP contribution >= 0.6 is 22.9 Å². The molecule has 8 heteroatoms. The Kier molecular flexibility index (Phi) is 6.51. The van der Waals surface area contributed by atoms with Crippen molar-refractivity contribution in [3.63, 3.8) is 0 Å². The van der Waals surface area contributed by atoms with E-state index in [2.05, 4.69) is 0 Å². The molecule has 1 atom stereocenters. The second-order valence-electron chi connectivity index (χ2n) is 5.15. The third-order valence-electron chi connectivity index (χ3n) is 3.35. The predicted molar refractivity (Wildman–Crippen MR) is 88.8 cm³/mol. The van der Waals surface area contributed by atoms with E-state index < -0.39 is 11.1 Å². The second kappa shape index (κ2) is 8.20. The molecule has 0 aliphatic heterocycles. The van der Waals surface area contributed by atoms with Crippen molar-refractivity contribution in [1.29, 1.82) is 0 Å². The molecular weight excluding hydrogens is 363 g/mol. The molecule has 24 heavy (non-hydrogen) atoms. The lowest BCUT2D eigenvalue weighted by Gasteiger charge is -2.16. The number of nitrogens with two attached hydrogens (primary N) is 1. The van der Waals surface area contributed by atoms with Gasteiger partial charge in [-0.25, -0.2) is 0 Å². The zero-order chi connectivity index (χ0) is 17.7. The minimum Gasteiger partial charge on any atom is -0.492 e. The van der Waals surface area contributed by atoms with E-state index in [9.17, 15) is 13.2 Å². The highest BCUT2D eigenvalue weighted by Gasteiger charge is 2.32. The van der Waals surface area contributed by atoms with Crippen LogP contribution < -0.4 is 10.5 Å². The topological polar surface area (TPSA) is 44.5 Å². The molecule has 132 valence electrons. The maximum absolute atomic E-state index is 12.6. The molecule has 3 nitrogen and oxygen atoms in total. The lowest BCUT2D eigenvalue weighted by Crippen LogP contribution is -2.18. The SMILES string of the molecule is COCC(N)c1ccc(Cl)cc1CCOc1csc(C(F)(F)F)c1. The van der Waals surface area contributed by atoms with Crippen LogP contribution in [0.25, 0.3) is 0 Å². The number of hydrogen-bond donors (Lipinski definition) is 1. The van der Waals surface area contributed by atoms with E-state index in [1.165, 1.54) is 5.38 Å². The summed E-state index contributed by atoms with van der Waals surface area (Å²) in [5, 5.41) is 1.91. The van der Waals surface area contributed by atoms with Gasteiger partial charge in [-0.15, -0.1) is 11.3 Å². The van der Waals surface area contributed by atoms with E-state index in [0.29, 0.717) is 29.4 Å². The van der Waals surface area contributed by atoms with Crippen molar-refractivity contribution in [2.45, 2.75) is 18.6 Å². The van der Waals surface area contributed by atoms with Gasteiger partial charge < -0.3 is 15.2 Å². The minimum atomic E-state index is -4.35. The lowest BCUT2D eigenvalue weighted by atomic mass is 9.99. The van der Waals surface area contributed by atoms with E-state index in [0.717, 1.165) is 17.2 Å². The van der Waals surface area contributed by atoms with Gasteiger partial charge >= 0.3 is 6.18 Å². The Bertz CT molecular complexity index is 676. The van der Waals surface area contributed by atoms with Crippen LogP contribution in [-0.4, -0.2) is 20.3 Å². The molecule has 2 N–H and O–H groups in total. The molecule has 0 amide bonds. The molecule has 0 fully saturated rings. The maximum Gasteiger partial charge on any atom is 0.425 e. The van der Waals surface area contributed by atoms with Crippen molar-refractivity contribution in [2.75, 3.05) is 20.3 Å². The van der Waals surface area contributed by atoms with Gasteiger partial charge in [0, 0.05) is 30.0 Å². The zero-order valence-corrected chi connectivity index (χ0v) is 14.5. The van der Waals surface area contributed by atoms with Crippen LogP contribution in [0.1, 0.15) is 22.0 Å². The molecule has 0 saturated heterocycles. The first-order valence-electron chi connectivity index (χ1n) is 7.12. The zero-order valence-electron chi connectivity index (χ0n) is 12.9. The van der Waals surface area contributed by atoms with Crippen LogP contribution in [0.3, 0.4) is 0 Å². The fourth-order valence-electron chi connectivity index (χ4n) is 2.24. The Labute approximate surface area is 147 Å². The quantitative estimate of drug-likeness (QED) is 0.759. The van der Waals surface area contributed by atoms with E-state index in [4.69, 9.17) is 26.8 Å². The highest BCUT2D eigenvalue weighted by atomic mass is 35.5. The molecule has 2 rings (SSSR count). The Morgan fingerprint density at radius 3 is 2.67 bits per heavy atom. The van der Waals surface area contributed by atoms with Gasteiger partial charge in [-0.3, -0.25) is 0 Å². The van der Waals surface area contributed by atoms with Crippen molar-refractivity contribution in [2.24, 2.45) is 5.73 Å². The van der Waals surface area contributed by atoms with Crippen molar-refractivity contribution in [3.05, 3.63) is 50.7 Å². The van der Waals surface area contributed by atoms with Gasteiger partial charge in [-0.05, 0) is 23.3 Å². The highest BCUT2D eigenvalue weighted by Crippen LogP contribution is 2.36. The summed E-state index contributed by atoms with van der Waals surface area (Å²) in [6.07, 6.45) is -3.87. The molecule has 2 aromatic rings. The number of thiophene rings is 1. The summed E-state index contributed by atoms with van der Waals surface area (Å²) in [5.41, 5.74) is 7.83. The molecule has 1 aromatic heterocycles. The minimum absolute atomic E-state index is 0.206. The maximum atomic E-state index is 12.6. The number of rotatable bonds is 7. The number of halogens is 4. The Hall–Kier alpha value is -1.28. The Balaban J connectivity index is 2.01. The van der Waals surface area contributed by atoms with E-state index in [1.54, 1.807) is 19.2 Å². The molecule has 0 bridgehead atoms. The van der Waals surface area contributed by atoms with Gasteiger partial charge in [0.05, 0.1) is 19.3 Å². The van der Waals surface area contributed by atoms with Crippen LogP contribution in [0.2, 0.25) is 5.02 Å². The molecule has 0 radical (unpaired) electrons. The monoisotopic (exact) mass is 379 g/mol. The second-order valence-corrected chi connectivity index (χ2v) is 6.50. The van der Waals surface area contributed by atoms with Crippen LogP contribution in [0.4, 0.5) is 13.2 Å². The summed E-state index contributed by atoms with van der Waals surface area (Å²) in [4.78, 5) is -0.678. The van der Waals surface area contributed by atoms with Gasteiger partial charge in [0.1, 0.15) is 10.6 Å². The van der Waals surface area contributed by atoms with Crippen LogP contribution in [-0.2, 0) is 17.3 Å². The Morgan fingerprint density at radius 2 is 2.04 bits per heavy atom. The summed E-state index contributed by atoms with van der Waals surface area (Å²) >= 11 is 6.62. The van der Waals surface area contributed by atoms with Crippen molar-refractivity contribution >= 4 is 22.9 Å². The van der Waals surface area contributed by atoms with Gasteiger partial charge in [-0.1, -0.05) is 17.7 Å². The van der Waals surface area contributed by atoms with E-state index in [1.807, 2.05) is 6.07 Å². The summed E-state index contributed by atoms with van der Waals surface area (Å²) in [7, 11) is 1.56. The van der Waals surface area contributed by atoms with E-state index >= 15 is 0 Å². The van der Waals surface area contributed by atoms with Crippen molar-refractivity contribution < 1.29 is 22.6 Å². The molecule has 1 heterocycles. The first-order chi connectivity index (χ1) is 11.3. The number of ether oxygens (including phenoxy) is 2. The first-order valence-corrected chi connectivity index (χ1v) is 8.38. The molecular formula is C16H17ClF3NO2S. The number of methoxy groups -OCH3 is 1. The standard InChI is InChI=1S/C16H17ClF3NO2S/c1-22-8-14(21)13-3-2-11(17)6-10(13)4-5-23-12-7-15(24-9-12)16(18,19)20/h2-3,6-7,9,14H,4-5,8,21H2,1H3. The van der Waals surface area contributed by atoms with Gasteiger partial charge in [0.2, 0.25) is 0 Å². The molecule has 0 aliphatic rings. The number of alkyl halides is 3. The lowest BCUT2D eigenvalue weighted by molar-refractivity contribution is -0.134. The number of hydrogen-bond acceptors (Lipinski definition) is 4. The highest BCUT2D eigenvalue weighted by molar-refractivity contribution is 7.10. The first kappa shape index (κ1) is 19.1. The summed E-state index contributed by atoms with van der Waals surface area (Å²) < 4.78 is 48.2. The summed E-state index contributed by atoms with van der Waals surface area (Å²) in [6.45, 7) is 0.579. The molecule has 1 aromatic carbocycles. The average molecular weight is 380 g/mol. The van der Waals surface area contributed by atoms with Gasteiger partial charge in [0.15, 0.2) is 0 Å². The average Bonchev–Trinajstić information content (AvgIpc) is 2.96. The number of benzene rings is 1. The molecule has 1 unspecified atom stereocenters. The predicted octanol–water partition coefficient (Wildman–Crippen LogP) is 4.69. The fraction of sp³-hybridized carbons (Fsp3) is 0.375. The van der Waals surface area contributed by atoms with Gasteiger partial charge in [-0.2, -0.15) is 13.2 Å². The third kappa shape index (κ3) is 5.11. The Morgan fingerprint density at radius 1 is 1.29 bits per heavy atom. The van der Waals surface area contributed by atoms with Gasteiger partial charge in [0.25, 0.3) is 0 Å². The van der Waals surface area contributed by atoms with Crippen molar-refractivity contribution in [1.82, 2.24) is 0 Å². The summed E-state index contributed by atoms with van der Waals surface area (Å²) in [6, 6.07) is 6.05. The van der Waals surface area contributed by atoms with Crippen LogP contribution in [0.15, 0.2) is 29.6 Å². The normalized spacial score (nSPS) is 13.1. The van der Waals surface area contributed by atoms with E-state index in [-0.39, 0.29) is 18.4 Å². The fourth-order valence-corrected chi connectivity index (χ4v) is 3.14. The largest absolute Gasteiger partial charge is 0.492 e. The third-order valence-corrected chi connectivity index (χ3v) is 4.53. The van der Waals surface area contributed by atoms with Crippen molar-refractivity contribution in [3.8, 4) is 5.75 Å². The van der Waals surface area contributed by atoms with Crippen LogP contribution in [0, 0.1) is 0 Å². The molecule has 0 saturated carbocycles. The molecule has 0 aliphatic carbocycles. The van der Waals surface area contributed by atoms with Crippen LogP contribution in [0.5, 0.6) is 5.75 Å². The smallest absolute Gasteiger partial charge is 0.425 e.